The van der Waals surface area contributed by atoms with Crippen LogP contribution >= 0.6 is 11.6 Å². The molecular formula is C11H15ClN3O3+. The number of primary amides is 1. The maximum Gasteiger partial charge on any atom is 0.415 e. The van der Waals surface area contributed by atoms with Crippen molar-refractivity contribution in [3.63, 3.8) is 0 Å². The average molecular weight is 273 g/mol. The van der Waals surface area contributed by atoms with Crippen molar-refractivity contribution in [3.8, 4) is 0 Å². The van der Waals surface area contributed by atoms with Crippen molar-refractivity contribution in [2.45, 2.75) is 12.5 Å². The van der Waals surface area contributed by atoms with Crippen LogP contribution in [0.5, 0.6) is 0 Å². The van der Waals surface area contributed by atoms with Crippen LogP contribution in [0, 0.1) is 0 Å². The Hall–Kier alpha value is -1.79. The van der Waals surface area contributed by atoms with Crippen LogP contribution in [0.15, 0.2) is 24.3 Å². The number of rotatable bonds is 4. The van der Waals surface area contributed by atoms with E-state index >= 15 is 0 Å². The molecule has 98 valence electrons. The second-order valence-corrected chi connectivity index (χ2v) is 4.16. The third kappa shape index (κ3) is 5.03. The summed E-state index contributed by atoms with van der Waals surface area (Å²) in [5, 5.41) is 2.44. The molecule has 1 aromatic rings. The molecule has 6 N–H and O–H groups in total. The summed E-state index contributed by atoms with van der Waals surface area (Å²) in [6, 6.07) is 6.25. The minimum atomic E-state index is -0.952. The molecule has 0 heterocycles. The maximum absolute atomic E-state index is 11.0. The first-order valence-electron chi connectivity index (χ1n) is 5.28. The number of hydrogen-bond acceptors (Lipinski definition) is 3. The summed E-state index contributed by atoms with van der Waals surface area (Å²) in [4.78, 5) is 21.4. The van der Waals surface area contributed by atoms with Gasteiger partial charge in [0.05, 0.1) is 0 Å². The van der Waals surface area contributed by atoms with E-state index in [4.69, 9.17) is 22.1 Å². The van der Waals surface area contributed by atoms with Crippen LogP contribution in [0.3, 0.4) is 0 Å². The number of imide groups is 1. The number of carbonyl (C=O) groups is 2. The van der Waals surface area contributed by atoms with Crippen molar-refractivity contribution in [1.29, 1.82) is 0 Å². The lowest BCUT2D eigenvalue weighted by Gasteiger charge is -2.10. The van der Waals surface area contributed by atoms with Crippen molar-refractivity contribution < 1.29 is 20.1 Å². The van der Waals surface area contributed by atoms with Gasteiger partial charge >= 0.3 is 12.1 Å². The van der Waals surface area contributed by atoms with Crippen LogP contribution in [0.2, 0.25) is 5.02 Å². The highest BCUT2D eigenvalue weighted by atomic mass is 35.5. The van der Waals surface area contributed by atoms with E-state index in [2.05, 4.69) is 5.73 Å². The molecule has 0 spiro atoms. The molecule has 0 fully saturated rings. The summed E-state index contributed by atoms with van der Waals surface area (Å²) in [6.45, 7) is 0.0737. The first kappa shape index (κ1) is 14.3. The average Bonchev–Trinajstić information content (AvgIpc) is 2.29. The Morgan fingerprint density at radius 2 is 2.11 bits per heavy atom. The van der Waals surface area contributed by atoms with E-state index in [1.54, 1.807) is 11.4 Å². The van der Waals surface area contributed by atoms with Gasteiger partial charge in [-0.1, -0.05) is 29.8 Å². The molecule has 0 aliphatic heterocycles. The van der Waals surface area contributed by atoms with E-state index in [1.807, 2.05) is 18.2 Å². The van der Waals surface area contributed by atoms with Crippen LogP contribution in [-0.4, -0.2) is 24.8 Å². The second kappa shape index (κ2) is 6.83. The van der Waals surface area contributed by atoms with Gasteiger partial charge in [-0.05, 0) is 11.6 Å². The van der Waals surface area contributed by atoms with E-state index < -0.39 is 12.1 Å². The lowest BCUT2D eigenvalue weighted by molar-refractivity contribution is -0.424. The number of urea groups is 1. The van der Waals surface area contributed by atoms with Crippen molar-refractivity contribution in [3.05, 3.63) is 34.9 Å². The van der Waals surface area contributed by atoms with Crippen molar-refractivity contribution >= 4 is 23.7 Å². The fraction of sp³-hybridized carbons (Fsp3) is 0.273. The lowest BCUT2D eigenvalue weighted by Crippen LogP contribution is -2.64. The molecule has 1 rings (SSSR count). The van der Waals surface area contributed by atoms with E-state index in [1.165, 1.54) is 0 Å². The predicted molar refractivity (Wildman–Crippen MR) is 65.9 cm³/mol. The Labute approximate surface area is 109 Å². The molecule has 3 amide bonds. The quantitative estimate of drug-likeness (QED) is 0.733. The Morgan fingerprint density at radius 1 is 1.44 bits per heavy atom. The lowest BCUT2D eigenvalue weighted by atomic mass is 10.1. The molecule has 0 radical (unpaired) electrons. The number of quaternary nitrogens is 1. The molecule has 18 heavy (non-hydrogen) atoms. The second-order valence-electron chi connectivity index (χ2n) is 3.75. The Morgan fingerprint density at radius 3 is 2.72 bits per heavy atom. The van der Waals surface area contributed by atoms with Gasteiger partial charge in [-0.3, -0.25) is 0 Å². The molecule has 0 saturated heterocycles. The van der Waals surface area contributed by atoms with Gasteiger partial charge in [0, 0.05) is 11.4 Å². The first-order chi connectivity index (χ1) is 8.49. The van der Waals surface area contributed by atoms with Gasteiger partial charge in [-0.15, -0.1) is 0 Å². The number of amides is 3. The van der Waals surface area contributed by atoms with Gasteiger partial charge < -0.3 is 16.2 Å². The third-order valence-electron chi connectivity index (χ3n) is 2.14. The summed E-state index contributed by atoms with van der Waals surface area (Å²) in [5.41, 5.74) is 9.53. The summed E-state index contributed by atoms with van der Waals surface area (Å²) >= 11 is 5.99. The SMILES string of the molecule is NC(=O)NC(=O)OC[C@H]([NH3+])Cc1ccccc1Cl. The number of hydrogen-bond donors (Lipinski definition) is 3. The predicted octanol–water partition coefficient (Wildman–Crippen LogP) is 0.298. The topological polar surface area (TPSA) is 109 Å². The zero-order valence-corrected chi connectivity index (χ0v) is 10.4. The Kier molecular flexibility index (Phi) is 5.41. The van der Waals surface area contributed by atoms with Crippen LogP contribution in [0.1, 0.15) is 5.56 Å². The number of benzene rings is 1. The number of carbonyl (C=O) groups excluding carboxylic acids is 2. The number of ether oxygens (including phenoxy) is 1. The summed E-state index contributed by atoms with van der Waals surface area (Å²) < 4.78 is 4.77. The molecule has 7 heteroatoms. The standard InChI is InChI=1S/C11H14ClN3O3/c12-9-4-2-1-3-7(9)5-8(13)6-18-11(17)15-10(14)16/h1-4,8H,5-6,13H2,(H3,14,15,16,17)/p+1/t8-/m1/s1. The maximum atomic E-state index is 11.0. The summed E-state index contributed by atoms with van der Waals surface area (Å²) in [7, 11) is 0. The summed E-state index contributed by atoms with van der Waals surface area (Å²) in [5.74, 6) is 0. The molecule has 0 unspecified atom stereocenters. The number of halogens is 1. The normalized spacial score (nSPS) is 11.7. The van der Waals surface area contributed by atoms with Gasteiger partial charge in [-0.25, -0.2) is 14.9 Å². The Balaban J connectivity index is 2.38. The zero-order chi connectivity index (χ0) is 13.5. The number of nitrogens with two attached hydrogens (primary N) is 1. The van der Waals surface area contributed by atoms with E-state index in [0.717, 1.165) is 5.56 Å². The number of nitrogens with one attached hydrogen (secondary N) is 1. The molecule has 0 bridgehead atoms. The van der Waals surface area contributed by atoms with Crippen LogP contribution < -0.4 is 16.8 Å². The molecule has 6 nitrogen and oxygen atoms in total. The smallest absolute Gasteiger partial charge is 0.415 e. The Bertz CT molecular complexity index is 439. The fourth-order valence-electron chi connectivity index (χ4n) is 1.36. The van der Waals surface area contributed by atoms with Gasteiger partial charge in [0.15, 0.2) is 0 Å². The van der Waals surface area contributed by atoms with Gasteiger partial charge in [0.25, 0.3) is 0 Å². The minimum absolute atomic E-state index is 0.0737. The fourth-order valence-corrected chi connectivity index (χ4v) is 1.58. The highest BCUT2D eigenvalue weighted by molar-refractivity contribution is 6.31. The van der Waals surface area contributed by atoms with Gasteiger partial charge in [0.2, 0.25) is 0 Å². The molecule has 1 atom stereocenters. The third-order valence-corrected chi connectivity index (χ3v) is 2.51. The van der Waals surface area contributed by atoms with E-state index in [0.29, 0.717) is 11.4 Å². The van der Waals surface area contributed by atoms with Crippen LogP contribution in [0.25, 0.3) is 0 Å². The van der Waals surface area contributed by atoms with Crippen LogP contribution in [0.4, 0.5) is 9.59 Å². The van der Waals surface area contributed by atoms with Crippen molar-refractivity contribution in [2.24, 2.45) is 5.73 Å². The largest absolute Gasteiger partial charge is 0.443 e. The van der Waals surface area contributed by atoms with Crippen molar-refractivity contribution in [1.82, 2.24) is 5.32 Å². The number of alkyl carbamates (subject to hydrolysis) is 1. The van der Waals surface area contributed by atoms with E-state index in [9.17, 15) is 9.59 Å². The first-order valence-corrected chi connectivity index (χ1v) is 5.66. The molecule has 0 aliphatic carbocycles. The summed E-state index contributed by atoms with van der Waals surface area (Å²) in [6.07, 6.45) is -0.306. The van der Waals surface area contributed by atoms with Gasteiger partial charge in [-0.2, -0.15) is 0 Å². The minimum Gasteiger partial charge on any atom is -0.443 e. The monoisotopic (exact) mass is 272 g/mol. The van der Waals surface area contributed by atoms with Crippen LogP contribution in [-0.2, 0) is 11.2 Å². The zero-order valence-electron chi connectivity index (χ0n) is 9.69. The van der Waals surface area contributed by atoms with Gasteiger partial charge in [0.1, 0.15) is 12.6 Å². The van der Waals surface area contributed by atoms with Crippen molar-refractivity contribution in [2.75, 3.05) is 6.61 Å². The molecular weight excluding hydrogens is 258 g/mol. The molecule has 0 aromatic heterocycles. The molecule has 1 aromatic carbocycles. The van der Waals surface area contributed by atoms with E-state index in [-0.39, 0.29) is 12.6 Å². The molecule has 0 aliphatic rings. The highest BCUT2D eigenvalue weighted by Gasteiger charge is 2.13. The molecule has 0 saturated carbocycles. The highest BCUT2D eigenvalue weighted by Crippen LogP contribution is 2.15.